The molecule has 6 nitrogen and oxygen atoms in total. The van der Waals surface area contributed by atoms with E-state index in [2.05, 4.69) is 15.3 Å². The SMILES string of the molecule is CC(=O)Nc1cc2nc[nH]c2cc1C(=O)O. The van der Waals surface area contributed by atoms with E-state index in [0.717, 1.165) is 0 Å². The molecule has 0 aliphatic heterocycles. The number of aromatic amines is 1. The minimum Gasteiger partial charge on any atom is -0.478 e. The van der Waals surface area contributed by atoms with Crippen LogP contribution in [0.2, 0.25) is 0 Å². The maximum Gasteiger partial charge on any atom is 0.337 e. The van der Waals surface area contributed by atoms with Crippen LogP contribution in [0.4, 0.5) is 5.69 Å². The highest BCUT2D eigenvalue weighted by Crippen LogP contribution is 2.21. The van der Waals surface area contributed by atoms with Gasteiger partial charge in [-0.2, -0.15) is 0 Å². The van der Waals surface area contributed by atoms with Crippen LogP contribution in [0.15, 0.2) is 18.5 Å². The van der Waals surface area contributed by atoms with E-state index in [1.54, 1.807) is 0 Å². The number of rotatable bonds is 2. The number of nitrogens with zero attached hydrogens (tertiary/aromatic N) is 1. The summed E-state index contributed by atoms with van der Waals surface area (Å²) in [4.78, 5) is 28.7. The third-order valence-electron chi connectivity index (χ3n) is 2.10. The van der Waals surface area contributed by atoms with Crippen LogP contribution in [0.3, 0.4) is 0 Å². The fraction of sp³-hybridized carbons (Fsp3) is 0.100. The number of anilines is 1. The molecule has 0 unspecified atom stereocenters. The topological polar surface area (TPSA) is 95.1 Å². The predicted octanol–water partition coefficient (Wildman–Crippen LogP) is 1.22. The van der Waals surface area contributed by atoms with E-state index in [0.29, 0.717) is 11.0 Å². The quantitative estimate of drug-likeness (QED) is 0.707. The Labute approximate surface area is 90.3 Å². The van der Waals surface area contributed by atoms with Gasteiger partial charge in [-0.05, 0) is 12.1 Å². The number of aromatic carboxylic acids is 1. The zero-order valence-corrected chi connectivity index (χ0v) is 8.44. The summed E-state index contributed by atoms with van der Waals surface area (Å²) >= 11 is 0. The second kappa shape index (κ2) is 3.65. The standard InChI is InChI=1S/C10H9N3O3/c1-5(14)13-7-3-9-8(11-4-12-9)2-6(7)10(15)16/h2-4H,1H3,(H,11,12)(H,13,14)(H,15,16). The number of imidazole rings is 1. The van der Waals surface area contributed by atoms with Gasteiger partial charge in [0.1, 0.15) is 0 Å². The number of amides is 1. The first-order valence-corrected chi connectivity index (χ1v) is 4.56. The van der Waals surface area contributed by atoms with Crippen molar-refractivity contribution >= 4 is 28.6 Å². The molecule has 0 bridgehead atoms. The molecule has 1 amide bonds. The van der Waals surface area contributed by atoms with Crippen molar-refractivity contribution in [2.45, 2.75) is 6.92 Å². The third kappa shape index (κ3) is 1.72. The average Bonchev–Trinajstić information content (AvgIpc) is 2.62. The number of carboxylic acid groups (broad SMARTS) is 1. The van der Waals surface area contributed by atoms with E-state index in [-0.39, 0.29) is 17.2 Å². The number of fused-ring (bicyclic) bond motifs is 1. The zero-order chi connectivity index (χ0) is 11.7. The van der Waals surface area contributed by atoms with E-state index in [1.165, 1.54) is 25.4 Å². The fourth-order valence-electron chi connectivity index (χ4n) is 1.45. The number of hydrogen-bond donors (Lipinski definition) is 3. The van der Waals surface area contributed by atoms with Crippen molar-refractivity contribution < 1.29 is 14.7 Å². The van der Waals surface area contributed by atoms with Crippen molar-refractivity contribution in [2.24, 2.45) is 0 Å². The number of carbonyl (C=O) groups is 2. The predicted molar refractivity (Wildman–Crippen MR) is 57.4 cm³/mol. The summed E-state index contributed by atoms with van der Waals surface area (Å²) in [6.45, 7) is 1.32. The molecule has 3 N–H and O–H groups in total. The lowest BCUT2D eigenvalue weighted by molar-refractivity contribution is -0.114. The summed E-state index contributed by atoms with van der Waals surface area (Å²) in [5.41, 5.74) is 1.51. The van der Waals surface area contributed by atoms with Gasteiger partial charge in [0.25, 0.3) is 0 Å². The van der Waals surface area contributed by atoms with Crippen molar-refractivity contribution in [1.29, 1.82) is 0 Å². The Kier molecular flexibility index (Phi) is 2.32. The molecule has 0 saturated heterocycles. The first-order valence-electron chi connectivity index (χ1n) is 4.56. The second-order valence-electron chi connectivity index (χ2n) is 3.30. The van der Waals surface area contributed by atoms with Gasteiger partial charge in [0.15, 0.2) is 0 Å². The molecule has 0 saturated carbocycles. The molecule has 82 valence electrons. The maximum absolute atomic E-state index is 11.0. The molecule has 1 aromatic heterocycles. The van der Waals surface area contributed by atoms with Crippen LogP contribution in [0.5, 0.6) is 0 Å². The molecule has 16 heavy (non-hydrogen) atoms. The van der Waals surface area contributed by atoms with Gasteiger partial charge in [0, 0.05) is 6.92 Å². The minimum atomic E-state index is -1.10. The Bertz CT molecular complexity index is 574. The van der Waals surface area contributed by atoms with Gasteiger partial charge in [-0.25, -0.2) is 9.78 Å². The summed E-state index contributed by atoms with van der Waals surface area (Å²) in [5.74, 6) is -1.42. The van der Waals surface area contributed by atoms with Crippen LogP contribution >= 0.6 is 0 Å². The fourth-order valence-corrected chi connectivity index (χ4v) is 1.45. The van der Waals surface area contributed by atoms with Crippen molar-refractivity contribution in [3.8, 4) is 0 Å². The second-order valence-corrected chi connectivity index (χ2v) is 3.30. The number of H-pyrrole nitrogens is 1. The molecule has 6 heteroatoms. The molecular formula is C10H9N3O3. The number of carbonyl (C=O) groups excluding carboxylic acids is 1. The molecule has 0 fully saturated rings. The van der Waals surface area contributed by atoms with Crippen molar-refractivity contribution in [3.05, 3.63) is 24.0 Å². The van der Waals surface area contributed by atoms with E-state index in [1.807, 2.05) is 0 Å². The summed E-state index contributed by atoms with van der Waals surface area (Å²) in [6, 6.07) is 2.96. The van der Waals surface area contributed by atoms with Gasteiger partial charge in [-0.3, -0.25) is 4.79 Å². The van der Waals surface area contributed by atoms with Gasteiger partial charge < -0.3 is 15.4 Å². The number of carboxylic acids is 1. The van der Waals surface area contributed by atoms with E-state index < -0.39 is 5.97 Å². The Morgan fingerprint density at radius 3 is 2.81 bits per heavy atom. The first kappa shape index (κ1) is 10.2. The van der Waals surface area contributed by atoms with Gasteiger partial charge in [-0.15, -0.1) is 0 Å². The van der Waals surface area contributed by atoms with E-state index in [9.17, 15) is 9.59 Å². The molecule has 0 aliphatic carbocycles. The van der Waals surface area contributed by atoms with Crippen LogP contribution in [-0.4, -0.2) is 27.0 Å². The number of nitrogens with one attached hydrogen (secondary N) is 2. The lowest BCUT2D eigenvalue weighted by Gasteiger charge is -2.06. The monoisotopic (exact) mass is 219 g/mol. The van der Waals surface area contributed by atoms with E-state index >= 15 is 0 Å². The smallest absolute Gasteiger partial charge is 0.337 e. The zero-order valence-electron chi connectivity index (χ0n) is 8.44. The Balaban J connectivity index is 2.62. The van der Waals surface area contributed by atoms with Gasteiger partial charge in [-0.1, -0.05) is 0 Å². The van der Waals surface area contributed by atoms with Crippen LogP contribution in [0.25, 0.3) is 11.0 Å². The van der Waals surface area contributed by atoms with Crippen molar-refractivity contribution in [3.63, 3.8) is 0 Å². The third-order valence-corrected chi connectivity index (χ3v) is 2.10. The van der Waals surface area contributed by atoms with Crippen LogP contribution in [0, 0.1) is 0 Å². The highest BCUT2D eigenvalue weighted by atomic mass is 16.4. The van der Waals surface area contributed by atoms with Crippen molar-refractivity contribution in [2.75, 3.05) is 5.32 Å². The Morgan fingerprint density at radius 2 is 2.19 bits per heavy atom. The molecular weight excluding hydrogens is 210 g/mol. The summed E-state index contributed by atoms with van der Waals surface area (Å²) in [7, 11) is 0. The average molecular weight is 219 g/mol. The number of hydrogen-bond acceptors (Lipinski definition) is 3. The highest BCUT2D eigenvalue weighted by Gasteiger charge is 2.13. The van der Waals surface area contributed by atoms with Crippen LogP contribution in [-0.2, 0) is 4.79 Å². The highest BCUT2D eigenvalue weighted by molar-refractivity contribution is 6.03. The summed E-state index contributed by atoms with van der Waals surface area (Å²) < 4.78 is 0. The van der Waals surface area contributed by atoms with Crippen LogP contribution in [0.1, 0.15) is 17.3 Å². The molecule has 0 atom stereocenters. The Hall–Kier alpha value is -2.37. The van der Waals surface area contributed by atoms with E-state index in [4.69, 9.17) is 5.11 Å². The summed E-state index contributed by atoms with van der Waals surface area (Å²) in [6.07, 6.45) is 1.47. The molecule has 2 rings (SSSR count). The van der Waals surface area contributed by atoms with Crippen LogP contribution < -0.4 is 5.32 Å². The molecule has 1 heterocycles. The molecule has 2 aromatic rings. The van der Waals surface area contributed by atoms with Gasteiger partial charge >= 0.3 is 5.97 Å². The number of benzene rings is 1. The minimum absolute atomic E-state index is 0.0342. The lowest BCUT2D eigenvalue weighted by Crippen LogP contribution is -2.10. The maximum atomic E-state index is 11.0. The largest absolute Gasteiger partial charge is 0.478 e. The molecule has 0 spiro atoms. The van der Waals surface area contributed by atoms with Gasteiger partial charge in [0.05, 0.1) is 28.6 Å². The molecule has 0 aliphatic rings. The van der Waals surface area contributed by atoms with Crippen molar-refractivity contribution in [1.82, 2.24) is 9.97 Å². The molecule has 0 radical (unpaired) electrons. The Morgan fingerprint density at radius 1 is 1.44 bits per heavy atom. The number of aromatic nitrogens is 2. The summed E-state index contributed by atoms with van der Waals surface area (Å²) in [5, 5.41) is 11.5. The molecule has 1 aromatic carbocycles. The first-order chi connectivity index (χ1) is 7.58. The lowest BCUT2D eigenvalue weighted by atomic mass is 10.1. The normalized spacial score (nSPS) is 10.3. The van der Waals surface area contributed by atoms with Gasteiger partial charge in [0.2, 0.25) is 5.91 Å².